The van der Waals surface area contributed by atoms with Gasteiger partial charge < -0.3 is 4.74 Å². The van der Waals surface area contributed by atoms with E-state index in [0.717, 1.165) is 6.08 Å². The number of hydrogen-bond acceptors (Lipinski definition) is 2. The molecule has 0 unspecified atom stereocenters. The van der Waals surface area contributed by atoms with Gasteiger partial charge in [0.25, 0.3) is 0 Å². The fourth-order valence-corrected chi connectivity index (χ4v) is 0.968. The van der Waals surface area contributed by atoms with Gasteiger partial charge in [0.15, 0.2) is 0 Å². The number of carbonyl (C=O) groups excluding carboxylic acids is 1. The van der Waals surface area contributed by atoms with Gasteiger partial charge in [0.05, 0.1) is 12.7 Å². The second kappa shape index (κ2) is 5.17. The van der Waals surface area contributed by atoms with Crippen LogP contribution >= 0.6 is 0 Å². The minimum atomic E-state index is -0.658. The molecule has 3 heteroatoms. The highest BCUT2D eigenvalue weighted by molar-refractivity contribution is 5.89. The first kappa shape index (κ1) is 10.4. The molecule has 0 bridgehead atoms. The van der Waals surface area contributed by atoms with Crippen LogP contribution in [0.4, 0.5) is 4.39 Å². The van der Waals surface area contributed by atoms with Crippen LogP contribution in [-0.2, 0) is 9.53 Å². The lowest BCUT2D eigenvalue weighted by Crippen LogP contribution is -1.99. The maximum absolute atomic E-state index is 13.3. The van der Waals surface area contributed by atoms with Crippen LogP contribution in [-0.4, -0.2) is 12.6 Å². The number of carbonyl (C=O) groups is 1. The lowest BCUT2D eigenvalue weighted by Gasteiger charge is -1.97. The summed E-state index contributed by atoms with van der Waals surface area (Å²) < 4.78 is 17.8. The third kappa shape index (κ3) is 3.01. The standard InChI is InChI=1S/C11H11FO2/c1-2-14-11(13)8-10(12)9-6-4-3-5-7-9/h3-8H,2H2,1H3. The van der Waals surface area contributed by atoms with Gasteiger partial charge in [-0.05, 0) is 6.92 Å². The minimum Gasteiger partial charge on any atom is -0.463 e. The lowest BCUT2D eigenvalue weighted by molar-refractivity contribution is -0.137. The highest BCUT2D eigenvalue weighted by Gasteiger charge is 2.03. The molecule has 0 aliphatic rings. The summed E-state index contributed by atoms with van der Waals surface area (Å²) >= 11 is 0. The maximum Gasteiger partial charge on any atom is 0.333 e. The molecule has 0 heterocycles. The van der Waals surface area contributed by atoms with Gasteiger partial charge in [-0.25, -0.2) is 9.18 Å². The molecule has 2 nitrogen and oxygen atoms in total. The molecule has 74 valence electrons. The van der Waals surface area contributed by atoms with Gasteiger partial charge in [-0.15, -0.1) is 0 Å². The molecule has 0 N–H and O–H groups in total. The van der Waals surface area contributed by atoms with Crippen molar-refractivity contribution in [3.8, 4) is 0 Å². The highest BCUT2D eigenvalue weighted by Crippen LogP contribution is 2.14. The third-order valence-electron chi connectivity index (χ3n) is 1.58. The van der Waals surface area contributed by atoms with Crippen LogP contribution < -0.4 is 0 Å². The Bertz CT molecular complexity index is 330. The molecular formula is C11H11FO2. The number of benzene rings is 1. The topological polar surface area (TPSA) is 26.3 Å². The predicted octanol–water partition coefficient (Wildman–Crippen LogP) is 2.56. The molecule has 0 aromatic heterocycles. The zero-order valence-electron chi connectivity index (χ0n) is 7.87. The van der Waals surface area contributed by atoms with Gasteiger partial charge in [0.2, 0.25) is 0 Å². The van der Waals surface area contributed by atoms with Crippen LogP contribution in [0.25, 0.3) is 5.83 Å². The summed E-state index contributed by atoms with van der Waals surface area (Å²) in [5.41, 5.74) is 0.376. The Kier molecular flexibility index (Phi) is 3.85. The molecule has 0 fully saturated rings. The quantitative estimate of drug-likeness (QED) is 0.546. The van der Waals surface area contributed by atoms with Crippen LogP contribution in [0.2, 0.25) is 0 Å². The van der Waals surface area contributed by atoms with Gasteiger partial charge in [0.1, 0.15) is 5.83 Å². The second-order valence-corrected chi connectivity index (χ2v) is 2.61. The van der Waals surface area contributed by atoms with E-state index in [2.05, 4.69) is 4.74 Å². The predicted molar refractivity (Wildman–Crippen MR) is 52.2 cm³/mol. The highest BCUT2D eigenvalue weighted by atomic mass is 19.1. The van der Waals surface area contributed by atoms with Gasteiger partial charge >= 0.3 is 5.97 Å². The zero-order valence-corrected chi connectivity index (χ0v) is 7.87. The van der Waals surface area contributed by atoms with Crippen molar-refractivity contribution in [1.82, 2.24) is 0 Å². The first-order chi connectivity index (χ1) is 6.74. The van der Waals surface area contributed by atoms with E-state index >= 15 is 0 Å². The Morgan fingerprint density at radius 2 is 2.07 bits per heavy atom. The molecule has 0 aliphatic heterocycles. The summed E-state index contributed by atoms with van der Waals surface area (Å²) in [4.78, 5) is 10.9. The number of rotatable bonds is 3. The average Bonchev–Trinajstić information content (AvgIpc) is 2.19. The van der Waals surface area contributed by atoms with Crippen LogP contribution in [0, 0.1) is 0 Å². The van der Waals surface area contributed by atoms with E-state index in [9.17, 15) is 9.18 Å². The number of ether oxygens (including phenoxy) is 1. The molecule has 0 spiro atoms. The van der Waals surface area contributed by atoms with Crippen LogP contribution in [0.3, 0.4) is 0 Å². The summed E-state index contributed by atoms with van der Waals surface area (Å²) in [6.45, 7) is 1.92. The molecule has 0 amide bonds. The molecule has 0 saturated heterocycles. The molecule has 14 heavy (non-hydrogen) atoms. The van der Waals surface area contributed by atoms with Crippen molar-refractivity contribution in [3.63, 3.8) is 0 Å². The SMILES string of the molecule is CCOC(=O)C=C(F)c1ccccc1. The summed E-state index contributed by atoms with van der Waals surface area (Å²) in [6, 6.07) is 8.36. The van der Waals surface area contributed by atoms with Crippen molar-refractivity contribution in [2.75, 3.05) is 6.61 Å². The average molecular weight is 194 g/mol. The number of esters is 1. The molecular weight excluding hydrogens is 183 g/mol. The van der Waals surface area contributed by atoms with Crippen LogP contribution in [0.1, 0.15) is 12.5 Å². The molecule has 1 aromatic rings. The molecule has 0 radical (unpaired) electrons. The first-order valence-corrected chi connectivity index (χ1v) is 4.33. The monoisotopic (exact) mass is 194 g/mol. The third-order valence-corrected chi connectivity index (χ3v) is 1.58. The van der Waals surface area contributed by atoms with E-state index < -0.39 is 11.8 Å². The Morgan fingerprint density at radius 1 is 1.43 bits per heavy atom. The molecule has 0 saturated carbocycles. The largest absolute Gasteiger partial charge is 0.463 e. The van der Waals surface area contributed by atoms with E-state index in [-0.39, 0.29) is 6.61 Å². The Balaban J connectivity index is 2.75. The fraction of sp³-hybridized carbons (Fsp3) is 0.182. The van der Waals surface area contributed by atoms with Crippen molar-refractivity contribution >= 4 is 11.8 Å². The lowest BCUT2D eigenvalue weighted by atomic mass is 10.2. The van der Waals surface area contributed by atoms with E-state index in [1.54, 1.807) is 37.3 Å². The normalized spacial score (nSPS) is 11.1. The van der Waals surface area contributed by atoms with Crippen LogP contribution in [0.15, 0.2) is 36.4 Å². The van der Waals surface area contributed by atoms with Gasteiger partial charge in [-0.3, -0.25) is 0 Å². The Morgan fingerprint density at radius 3 is 2.64 bits per heavy atom. The van der Waals surface area contributed by atoms with E-state index in [4.69, 9.17) is 0 Å². The van der Waals surface area contributed by atoms with Crippen molar-refractivity contribution in [3.05, 3.63) is 42.0 Å². The van der Waals surface area contributed by atoms with E-state index in [0.29, 0.717) is 5.56 Å². The van der Waals surface area contributed by atoms with E-state index in [1.165, 1.54) is 0 Å². The number of hydrogen-bond donors (Lipinski definition) is 0. The first-order valence-electron chi connectivity index (χ1n) is 4.33. The van der Waals surface area contributed by atoms with Gasteiger partial charge in [-0.2, -0.15) is 0 Å². The van der Waals surface area contributed by atoms with Gasteiger partial charge in [-0.1, -0.05) is 30.3 Å². The zero-order chi connectivity index (χ0) is 10.4. The minimum absolute atomic E-state index is 0.247. The summed E-state index contributed by atoms with van der Waals surface area (Å²) in [7, 11) is 0. The van der Waals surface area contributed by atoms with Crippen molar-refractivity contribution in [2.24, 2.45) is 0 Å². The summed E-state index contributed by atoms with van der Waals surface area (Å²) in [5, 5.41) is 0. The second-order valence-electron chi connectivity index (χ2n) is 2.61. The van der Waals surface area contributed by atoms with Crippen molar-refractivity contribution in [1.29, 1.82) is 0 Å². The smallest absolute Gasteiger partial charge is 0.333 e. The number of halogens is 1. The summed E-state index contributed by atoms with van der Waals surface area (Å²) in [5.74, 6) is -1.24. The van der Waals surface area contributed by atoms with Crippen molar-refractivity contribution in [2.45, 2.75) is 6.92 Å². The molecule has 1 aromatic carbocycles. The Labute approximate surface area is 82.0 Å². The summed E-state index contributed by atoms with van der Waals surface area (Å²) in [6.07, 6.45) is 0.846. The van der Waals surface area contributed by atoms with Crippen molar-refractivity contribution < 1.29 is 13.9 Å². The van der Waals surface area contributed by atoms with Gasteiger partial charge in [0, 0.05) is 5.56 Å². The Hall–Kier alpha value is -1.64. The van der Waals surface area contributed by atoms with E-state index in [1.807, 2.05) is 0 Å². The fourth-order valence-electron chi connectivity index (χ4n) is 0.968. The molecule has 0 aliphatic carbocycles. The van der Waals surface area contributed by atoms with Crippen LogP contribution in [0.5, 0.6) is 0 Å². The maximum atomic E-state index is 13.3. The molecule has 1 rings (SSSR count). The molecule has 0 atom stereocenters.